The maximum absolute atomic E-state index is 12.7. The van der Waals surface area contributed by atoms with Crippen molar-refractivity contribution in [2.45, 2.75) is 16.9 Å². The Morgan fingerprint density at radius 2 is 1.83 bits per heavy atom. The summed E-state index contributed by atoms with van der Waals surface area (Å²) >= 11 is 12.9. The second-order valence-electron chi connectivity index (χ2n) is 5.19. The summed E-state index contributed by atoms with van der Waals surface area (Å²) in [7, 11) is -3.68. The largest absolute Gasteiger partial charge is 0.326 e. The van der Waals surface area contributed by atoms with Crippen LogP contribution in [0.4, 0.5) is 0 Å². The summed E-state index contributed by atoms with van der Waals surface area (Å²) in [6, 6.07) is 10.9. The number of benzene rings is 1. The Balaban J connectivity index is 0.00000192. The molecule has 2 aromatic rings. The molecule has 1 aliphatic rings. The molecule has 23 heavy (non-hydrogen) atoms. The summed E-state index contributed by atoms with van der Waals surface area (Å²) in [5.74, 6) is -0.0242. The highest BCUT2D eigenvalue weighted by Crippen LogP contribution is 2.38. The standard InChI is InChI=1S/C14H14Cl2N2O2S2.ClH/c15-13-6-12(14(16)21-13)22(19,20)18-7-10(11(17)8-18)9-4-2-1-3-5-9;/h1-6,10-11H,7-8,17H2;1H/t10-,11+;/m0./s1. The first kappa shape index (κ1) is 19.0. The van der Waals surface area contributed by atoms with Crippen LogP contribution in [0.2, 0.25) is 8.67 Å². The van der Waals surface area contributed by atoms with Gasteiger partial charge < -0.3 is 5.73 Å². The molecule has 0 aliphatic carbocycles. The number of sulfonamides is 1. The Bertz CT molecular complexity index is 781. The fourth-order valence-electron chi connectivity index (χ4n) is 2.68. The van der Waals surface area contributed by atoms with Crippen LogP contribution in [-0.2, 0) is 10.0 Å². The highest BCUT2D eigenvalue weighted by atomic mass is 35.5. The second kappa shape index (κ2) is 7.27. The van der Waals surface area contributed by atoms with Crippen LogP contribution >= 0.6 is 46.9 Å². The topological polar surface area (TPSA) is 63.4 Å². The van der Waals surface area contributed by atoms with Gasteiger partial charge in [0, 0.05) is 25.0 Å². The van der Waals surface area contributed by atoms with Gasteiger partial charge in [0.1, 0.15) is 9.23 Å². The van der Waals surface area contributed by atoms with Crippen molar-refractivity contribution in [1.82, 2.24) is 4.31 Å². The van der Waals surface area contributed by atoms with E-state index in [4.69, 9.17) is 28.9 Å². The Hall–Kier alpha value is -0.340. The van der Waals surface area contributed by atoms with Gasteiger partial charge in [0.25, 0.3) is 0 Å². The fourth-order valence-corrected chi connectivity index (χ4v) is 6.30. The molecule has 0 unspecified atom stereocenters. The summed E-state index contributed by atoms with van der Waals surface area (Å²) < 4.78 is 27.4. The summed E-state index contributed by atoms with van der Waals surface area (Å²) in [6.45, 7) is 0.614. The molecule has 2 atom stereocenters. The molecule has 2 N–H and O–H groups in total. The molecule has 1 fully saturated rings. The molecule has 1 aromatic carbocycles. The Morgan fingerprint density at radius 3 is 2.39 bits per heavy atom. The van der Waals surface area contributed by atoms with Gasteiger partial charge in [-0.2, -0.15) is 4.31 Å². The number of hydrogen-bond donors (Lipinski definition) is 1. The summed E-state index contributed by atoms with van der Waals surface area (Å²) in [6.07, 6.45) is 0. The average molecular weight is 414 g/mol. The summed E-state index contributed by atoms with van der Waals surface area (Å²) in [5, 5.41) is 0. The van der Waals surface area contributed by atoms with Crippen molar-refractivity contribution in [2.24, 2.45) is 5.73 Å². The van der Waals surface area contributed by atoms with Crippen LogP contribution in [0, 0.1) is 0 Å². The maximum atomic E-state index is 12.7. The zero-order valence-corrected chi connectivity index (χ0v) is 15.8. The van der Waals surface area contributed by atoms with Crippen LogP contribution in [0.1, 0.15) is 11.5 Å². The minimum atomic E-state index is -3.68. The molecule has 2 heterocycles. The molecule has 0 saturated carbocycles. The van der Waals surface area contributed by atoms with Crippen molar-refractivity contribution >= 4 is 57.0 Å². The van der Waals surface area contributed by atoms with Crippen LogP contribution in [0.3, 0.4) is 0 Å². The minimum Gasteiger partial charge on any atom is -0.326 e. The van der Waals surface area contributed by atoms with E-state index in [1.54, 1.807) is 0 Å². The van der Waals surface area contributed by atoms with E-state index in [-0.39, 0.29) is 40.1 Å². The Kier molecular flexibility index (Phi) is 6.00. The van der Waals surface area contributed by atoms with Gasteiger partial charge in [-0.25, -0.2) is 8.42 Å². The van der Waals surface area contributed by atoms with Crippen molar-refractivity contribution in [1.29, 1.82) is 0 Å². The first-order valence-corrected chi connectivity index (χ1v) is 9.66. The smallest absolute Gasteiger partial charge is 0.245 e. The number of rotatable bonds is 3. The van der Waals surface area contributed by atoms with E-state index in [0.29, 0.717) is 10.9 Å². The predicted octanol–water partition coefficient (Wildman–Crippen LogP) is 3.59. The minimum absolute atomic E-state index is 0. The third-order valence-electron chi connectivity index (χ3n) is 3.80. The molecule has 4 nitrogen and oxygen atoms in total. The quantitative estimate of drug-likeness (QED) is 0.836. The zero-order valence-electron chi connectivity index (χ0n) is 11.9. The fraction of sp³-hybridized carbons (Fsp3) is 0.286. The van der Waals surface area contributed by atoms with Crippen molar-refractivity contribution in [3.63, 3.8) is 0 Å². The van der Waals surface area contributed by atoms with Crippen molar-refractivity contribution < 1.29 is 8.42 Å². The van der Waals surface area contributed by atoms with E-state index in [1.165, 1.54) is 10.4 Å². The van der Waals surface area contributed by atoms with Gasteiger partial charge in [-0.1, -0.05) is 53.5 Å². The predicted molar refractivity (Wildman–Crippen MR) is 97.5 cm³/mol. The van der Waals surface area contributed by atoms with Gasteiger partial charge in [-0.3, -0.25) is 0 Å². The van der Waals surface area contributed by atoms with E-state index >= 15 is 0 Å². The van der Waals surface area contributed by atoms with E-state index in [2.05, 4.69) is 0 Å². The number of nitrogens with two attached hydrogens (primary N) is 1. The zero-order chi connectivity index (χ0) is 15.9. The lowest BCUT2D eigenvalue weighted by atomic mass is 9.95. The van der Waals surface area contributed by atoms with E-state index < -0.39 is 10.0 Å². The van der Waals surface area contributed by atoms with E-state index in [9.17, 15) is 8.42 Å². The van der Waals surface area contributed by atoms with Crippen LogP contribution in [-0.4, -0.2) is 31.9 Å². The molecule has 1 saturated heterocycles. The molecule has 1 aliphatic heterocycles. The molecule has 0 amide bonds. The van der Waals surface area contributed by atoms with Crippen LogP contribution in [0.5, 0.6) is 0 Å². The molecular formula is C14H15Cl3N2O2S2. The first-order chi connectivity index (χ1) is 10.4. The SMILES string of the molecule is Cl.N[C@@H]1CN(S(=O)(=O)c2cc(Cl)sc2Cl)C[C@H]1c1ccccc1. The average Bonchev–Trinajstić information content (AvgIpc) is 3.03. The first-order valence-electron chi connectivity index (χ1n) is 6.65. The molecule has 1 aromatic heterocycles. The van der Waals surface area contributed by atoms with Crippen molar-refractivity contribution in [3.05, 3.63) is 50.6 Å². The Morgan fingerprint density at radius 1 is 1.17 bits per heavy atom. The lowest BCUT2D eigenvalue weighted by molar-refractivity contribution is 0.470. The summed E-state index contributed by atoms with van der Waals surface area (Å²) in [4.78, 5) is 0.0603. The monoisotopic (exact) mass is 412 g/mol. The molecule has 0 bridgehead atoms. The third kappa shape index (κ3) is 3.69. The van der Waals surface area contributed by atoms with Gasteiger partial charge in [0.05, 0.1) is 4.34 Å². The highest BCUT2D eigenvalue weighted by molar-refractivity contribution is 7.89. The number of thiophene rings is 1. The van der Waals surface area contributed by atoms with E-state index in [0.717, 1.165) is 16.9 Å². The number of nitrogens with zero attached hydrogens (tertiary/aromatic N) is 1. The lowest BCUT2D eigenvalue weighted by Crippen LogP contribution is -2.32. The van der Waals surface area contributed by atoms with E-state index in [1.807, 2.05) is 30.3 Å². The number of halogens is 3. The Labute approximate surface area is 155 Å². The molecule has 0 radical (unpaired) electrons. The van der Waals surface area contributed by atoms with Gasteiger partial charge in [-0.05, 0) is 11.6 Å². The van der Waals surface area contributed by atoms with Crippen LogP contribution in [0.25, 0.3) is 0 Å². The number of hydrogen-bond acceptors (Lipinski definition) is 4. The van der Waals surface area contributed by atoms with Crippen molar-refractivity contribution in [3.8, 4) is 0 Å². The maximum Gasteiger partial charge on any atom is 0.245 e. The highest BCUT2D eigenvalue weighted by Gasteiger charge is 2.39. The van der Waals surface area contributed by atoms with Gasteiger partial charge >= 0.3 is 0 Å². The van der Waals surface area contributed by atoms with Crippen LogP contribution < -0.4 is 5.73 Å². The van der Waals surface area contributed by atoms with Crippen molar-refractivity contribution in [2.75, 3.05) is 13.1 Å². The lowest BCUT2D eigenvalue weighted by Gasteiger charge is -2.16. The molecular weight excluding hydrogens is 399 g/mol. The van der Waals surface area contributed by atoms with Gasteiger partial charge in [-0.15, -0.1) is 23.7 Å². The summed E-state index contributed by atoms with van der Waals surface area (Å²) in [5.41, 5.74) is 7.20. The molecule has 126 valence electrons. The molecule has 3 rings (SSSR count). The normalized spacial score (nSPS) is 22.0. The van der Waals surface area contributed by atoms with Gasteiger partial charge in [0.15, 0.2) is 0 Å². The molecule has 0 spiro atoms. The third-order valence-corrected chi connectivity index (χ3v) is 7.39. The van der Waals surface area contributed by atoms with Gasteiger partial charge in [0.2, 0.25) is 10.0 Å². The second-order valence-corrected chi connectivity index (χ2v) is 9.38. The molecule has 9 heteroatoms. The van der Waals surface area contributed by atoms with Crippen LogP contribution in [0.15, 0.2) is 41.3 Å².